The molecule has 182 valence electrons. The maximum absolute atomic E-state index is 13.4. The van der Waals surface area contributed by atoms with Crippen LogP contribution in [0.15, 0.2) is 36.4 Å². The Kier molecular flexibility index (Phi) is 6.99. The molecule has 2 atom stereocenters. The van der Waals surface area contributed by atoms with E-state index < -0.39 is 23.6 Å². The van der Waals surface area contributed by atoms with Crippen molar-refractivity contribution in [3.8, 4) is 5.75 Å². The monoisotopic (exact) mass is 499 g/mol. The van der Waals surface area contributed by atoms with E-state index in [4.69, 9.17) is 16.3 Å². The van der Waals surface area contributed by atoms with Crippen molar-refractivity contribution in [1.82, 2.24) is 15.5 Å². The molecule has 2 aliphatic heterocycles. The summed E-state index contributed by atoms with van der Waals surface area (Å²) in [4.78, 5) is 26.6. The van der Waals surface area contributed by atoms with Crippen molar-refractivity contribution >= 4 is 23.4 Å². The van der Waals surface area contributed by atoms with E-state index in [2.05, 4.69) is 10.6 Å². The number of carbonyl (C=O) groups is 2. The molecular formula is C23H22ClF4N3O3. The highest BCUT2D eigenvalue weighted by atomic mass is 35.5. The van der Waals surface area contributed by atoms with Gasteiger partial charge in [-0.05, 0) is 48.2 Å². The average molecular weight is 500 g/mol. The Hall–Kier alpha value is -2.85. The zero-order valence-corrected chi connectivity index (χ0v) is 18.7. The van der Waals surface area contributed by atoms with E-state index in [9.17, 15) is 27.2 Å². The van der Waals surface area contributed by atoms with E-state index in [-0.39, 0.29) is 48.3 Å². The average Bonchev–Trinajstić information content (AvgIpc) is 3.23. The van der Waals surface area contributed by atoms with Crippen LogP contribution in [0.3, 0.4) is 0 Å². The summed E-state index contributed by atoms with van der Waals surface area (Å²) in [7, 11) is 0. The summed E-state index contributed by atoms with van der Waals surface area (Å²) in [5, 5.41) is 5.87. The van der Waals surface area contributed by atoms with Gasteiger partial charge in [0.05, 0.1) is 16.6 Å². The number of nitrogens with one attached hydrogen (secondary N) is 2. The minimum atomic E-state index is -4.42. The number of amides is 2. The SMILES string of the molecule is O=C(COc1ccc(Cl)c(F)c1)N[C@H]1CC[C@H](C(=O)N2Cc3ccc(C(F)(F)F)cc3C2)NC1. The van der Waals surface area contributed by atoms with Crippen LogP contribution in [0.25, 0.3) is 0 Å². The number of hydrogen-bond donors (Lipinski definition) is 2. The van der Waals surface area contributed by atoms with Gasteiger partial charge >= 0.3 is 6.18 Å². The largest absolute Gasteiger partial charge is 0.484 e. The third-order valence-electron chi connectivity index (χ3n) is 5.91. The Morgan fingerprint density at radius 1 is 1.12 bits per heavy atom. The second-order valence-electron chi connectivity index (χ2n) is 8.34. The van der Waals surface area contributed by atoms with Crippen LogP contribution in [0.1, 0.15) is 29.5 Å². The first-order chi connectivity index (χ1) is 16.1. The lowest BCUT2D eigenvalue weighted by Gasteiger charge is -2.32. The predicted molar refractivity (Wildman–Crippen MR) is 116 cm³/mol. The number of alkyl halides is 3. The molecule has 2 N–H and O–H groups in total. The highest BCUT2D eigenvalue weighted by Gasteiger charge is 2.35. The van der Waals surface area contributed by atoms with Crippen LogP contribution in [-0.4, -0.2) is 41.9 Å². The third kappa shape index (κ3) is 5.61. The van der Waals surface area contributed by atoms with Crippen molar-refractivity contribution in [2.45, 2.75) is 44.2 Å². The molecule has 2 amide bonds. The minimum absolute atomic E-state index is 0.0435. The summed E-state index contributed by atoms with van der Waals surface area (Å²) in [6.45, 7) is 0.467. The predicted octanol–water partition coefficient (Wildman–Crippen LogP) is 3.66. The lowest BCUT2D eigenvalue weighted by atomic mass is 9.99. The zero-order chi connectivity index (χ0) is 24.5. The Morgan fingerprint density at radius 2 is 1.88 bits per heavy atom. The first kappa shape index (κ1) is 24.3. The van der Waals surface area contributed by atoms with Gasteiger partial charge in [-0.1, -0.05) is 17.7 Å². The summed E-state index contributed by atoms with van der Waals surface area (Å²) in [6, 6.07) is 6.75. The van der Waals surface area contributed by atoms with Gasteiger partial charge in [0.25, 0.3) is 5.91 Å². The van der Waals surface area contributed by atoms with E-state index in [1.807, 2.05) is 0 Å². The Balaban J connectivity index is 1.23. The highest BCUT2D eigenvalue weighted by molar-refractivity contribution is 6.30. The van der Waals surface area contributed by atoms with Crippen molar-refractivity contribution < 1.29 is 31.9 Å². The molecule has 0 spiro atoms. The number of piperidine rings is 1. The molecule has 1 saturated heterocycles. The van der Waals surface area contributed by atoms with E-state index in [1.165, 1.54) is 18.2 Å². The lowest BCUT2D eigenvalue weighted by molar-refractivity contribution is -0.137. The molecule has 0 radical (unpaired) electrons. The van der Waals surface area contributed by atoms with Crippen LogP contribution in [0.5, 0.6) is 5.75 Å². The number of carbonyl (C=O) groups excluding carboxylic acids is 2. The number of hydrogen-bond acceptors (Lipinski definition) is 4. The molecule has 4 rings (SSSR count). The molecule has 2 aromatic carbocycles. The first-order valence-corrected chi connectivity index (χ1v) is 11.1. The molecule has 2 heterocycles. The van der Waals surface area contributed by atoms with Crippen LogP contribution in [0.2, 0.25) is 5.02 Å². The quantitative estimate of drug-likeness (QED) is 0.616. The van der Waals surface area contributed by atoms with Crippen molar-refractivity contribution in [2.75, 3.05) is 13.2 Å². The van der Waals surface area contributed by atoms with Gasteiger partial charge in [-0.25, -0.2) is 4.39 Å². The number of ether oxygens (including phenoxy) is 1. The van der Waals surface area contributed by atoms with Crippen LogP contribution < -0.4 is 15.4 Å². The maximum Gasteiger partial charge on any atom is 0.416 e. The Labute approximate surface area is 198 Å². The fraction of sp³-hybridized carbons (Fsp3) is 0.391. The Morgan fingerprint density at radius 3 is 2.56 bits per heavy atom. The summed E-state index contributed by atoms with van der Waals surface area (Å²) in [5.74, 6) is -1.03. The van der Waals surface area contributed by atoms with Crippen molar-refractivity contribution in [2.24, 2.45) is 0 Å². The van der Waals surface area contributed by atoms with Crippen molar-refractivity contribution in [1.29, 1.82) is 0 Å². The van der Waals surface area contributed by atoms with Gasteiger partial charge in [0.2, 0.25) is 5.91 Å². The van der Waals surface area contributed by atoms with E-state index in [0.29, 0.717) is 30.5 Å². The van der Waals surface area contributed by atoms with E-state index >= 15 is 0 Å². The molecule has 0 aromatic heterocycles. The van der Waals surface area contributed by atoms with Gasteiger partial charge in [-0.3, -0.25) is 9.59 Å². The summed E-state index contributed by atoms with van der Waals surface area (Å²) in [6.07, 6.45) is -3.41. The molecule has 0 bridgehead atoms. The van der Waals surface area contributed by atoms with Gasteiger partial charge in [0.15, 0.2) is 6.61 Å². The molecule has 6 nitrogen and oxygen atoms in total. The van der Waals surface area contributed by atoms with Crippen molar-refractivity contribution in [3.05, 3.63) is 63.9 Å². The molecule has 11 heteroatoms. The molecule has 34 heavy (non-hydrogen) atoms. The lowest BCUT2D eigenvalue weighted by Crippen LogP contribution is -2.55. The van der Waals surface area contributed by atoms with Gasteiger partial charge in [0, 0.05) is 31.7 Å². The van der Waals surface area contributed by atoms with Gasteiger partial charge in [-0.2, -0.15) is 13.2 Å². The summed E-state index contributed by atoms with van der Waals surface area (Å²) >= 11 is 5.61. The van der Waals surface area contributed by atoms with Crippen LogP contribution in [0, 0.1) is 5.82 Å². The second-order valence-corrected chi connectivity index (χ2v) is 8.75. The van der Waals surface area contributed by atoms with Gasteiger partial charge in [0.1, 0.15) is 11.6 Å². The molecule has 0 unspecified atom stereocenters. The third-order valence-corrected chi connectivity index (χ3v) is 6.21. The standard InChI is InChI=1S/C23H22ClF4N3O3/c24-18-5-4-17(8-19(18)25)34-12-21(32)30-16-3-6-20(29-9-16)22(33)31-10-13-1-2-15(23(26,27)28)7-14(13)11-31/h1-2,4-5,7-8,16,20,29H,3,6,9-12H2,(H,30,32)/t16-,20+/m0/s1. The second kappa shape index (κ2) is 9.79. The summed E-state index contributed by atoms with van der Waals surface area (Å²) < 4.78 is 57.5. The normalized spacial score (nSPS) is 20.1. The number of nitrogens with zero attached hydrogens (tertiary/aromatic N) is 1. The smallest absolute Gasteiger partial charge is 0.416 e. The van der Waals surface area contributed by atoms with E-state index in [1.54, 1.807) is 4.90 Å². The molecular weight excluding hydrogens is 478 g/mol. The molecule has 2 aromatic rings. The number of fused-ring (bicyclic) bond motifs is 1. The molecule has 2 aliphatic rings. The molecule has 0 aliphatic carbocycles. The highest BCUT2D eigenvalue weighted by Crippen LogP contribution is 2.33. The number of halogens is 5. The molecule has 0 saturated carbocycles. The topological polar surface area (TPSA) is 70.7 Å². The summed E-state index contributed by atoms with van der Waals surface area (Å²) in [5.41, 5.74) is 0.493. The minimum Gasteiger partial charge on any atom is -0.484 e. The first-order valence-electron chi connectivity index (χ1n) is 10.7. The Bertz CT molecular complexity index is 1090. The zero-order valence-electron chi connectivity index (χ0n) is 17.9. The van der Waals surface area contributed by atoms with Crippen molar-refractivity contribution in [3.63, 3.8) is 0 Å². The fourth-order valence-corrected chi connectivity index (χ4v) is 4.24. The number of benzene rings is 2. The fourth-order valence-electron chi connectivity index (χ4n) is 4.12. The van der Waals surface area contributed by atoms with Crippen LogP contribution >= 0.6 is 11.6 Å². The van der Waals surface area contributed by atoms with Crippen LogP contribution in [0.4, 0.5) is 17.6 Å². The number of rotatable bonds is 5. The molecule has 1 fully saturated rings. The maximum atomic E-state index is 13.4. The van der Waals surface area contributed by atoms with E-state index in [0.717, 1.165) is 18.2 Å². The van der Waals surface area contributed by atoms with Gasteiger partial charge < -0.3 is 20.3 Å². The van der Waals surface area contributed by atoms with Crippen LogP contribution in [-0.2, 0) is 28.9 Å². The van der Waals surface area contributed by atoms with Gasteiger partial charge in [-0.15, -0.1) is 0 Å².